The Hall–Kier alpha value is -1.10. The minimum absolute atomic E-state index is 0.0485. The maximum absolute atomic E-state index is 11.9. The van der Waals surface area contributed by atoms with Gasteiger partial charge in [-0.05, 0) is 26.3 Å². The van der Waals surface area contributed by atoms with Crippen LogP contribution in [-0.4, -0.2) is 59.5 Å². The molecule has 1 rings (SSSR count). The van der Waals surface area contributed by atoms with Crippen molar-refractivity contribution in [1.82, 2.24) is 9.80 Å². The number of carbonyl (C=O) groups is 2. The molecule has 1 aliphatic heterocycles. The smallest absolute Gasteiger partial charge is 0.320 e. The molecule has 0 spiro atoms. The second kappa shape index (κ2) is 6.59. The van der Waals surface area contributed by atoms with E-state index in [1.54, 1.807) is 11.9 Å². The third kappa shape index (κ3) is 4.00. The molecule has 1 N–H and O–H groups in total. The van der Waals surface area contributed by atoms with E-state index < -0.39 is 12.0 Å². The van der Waals surface area contributed by atoms with E-state index in [9.17, 15) is 9.59 Å². The highest BCUT2D eigenvalue weighted by Crippen LogP contribution is 2.10. The Morgan fingerprint density at radius 2 is 1.94 bits per heavy atom. The predicted octanol–water partition coefficient (Wildman–Crippen LogP) is 0.794. The zero-order valence-corrected chi connectivity index (χ0v) is 10.7. The lowest BCUT2D eigenvalue weighted by atomic mass is 10.1. The molecule has 1 atom stereocenters. The van der Waals surface area contributed by atoms with Gasteiger partial charge in [-0.1, -0.05) is 13.3 Å². The van der Waals surface area contributed by atoms with Crippen molar-refractivity contribution in [2.45, 2.75) is 38.6 Å². The second-order valence-electron chi connectivity index (χ2n) is 4.65. The van der Waals surface area contributed by atoms with Crippen LogP contribution >= 0.6 is 0 Å². The summed E-state index contributed by atoms with van der Waals surface area (Å²) in [6, 6.07) is -0.549. The summed E-state index contributed by atoms with van der Waals surface area (Å²) in [5, 5.41) is 9.09. The van der Waals surface area contributed by atoms with Crippen molar-refractivity contribution in [3.05, 3.63) is 0 Å². The molecule has 0 aliphatic carbocycles. The minimum atomic E-state index is -0.844. The standard InChI is InChI=1S/C12H22N2O3/c1-3-6-10(12(16)17)13(2)9-11(15)14-7-4-5-8-14/h10H,3-9H2,1-2H3,(H,16,17). The summed E-state index contributed by atoms with van der Waals surface area (Å²) in [6.45, 7) is 3.79. The van der Waals surface area contributed by atoms with E-state index in [1.165, 1.54) is 0 Å². The lowest BCUT2D eigenvalue weighted by molar-refractivity contribution is -0.144. The summed E-state index contributed by atoms with van der Waals surface area (Å²) in [4.78, 5) is 26.4. The molecule has 1 fully saturated rings. The number of nitrogens with zero attached hydrogens (tertiary/aromatic N) is 2. The lowest BCUT2D eigenvalue weighted by Crippen LogP contribution is -2.45. The van der Waals surface area contributed by atoms with E-state index in [-0.39, 0.29) is 12.5 Å². The molecule has 98 valence electrons. The van der Waals surface area contributed by atoms with Gasteiger partial charge in [-0.25, -0.2) is 0 Å². The number of hydrogen-bond donors (Lipinski definition) is 1. The number of aliphatic carboxylic acids is 1. The highest BCUT2D eigenvalue weighted by atomic mass is 16.4. The fourth-order valence-corrected chi connectivity index (χ4v) is 2.20. The number of hydrogen-bond acceptors (Lipinski definition) is 3. The van der Waals surface area contributed by atoms with Gasteiger partial charge in [0.05, 0.1) is 6.54 Å². The molecule has 0 radical (unpaired) electrons. The Morgan fingerprint density at radius 1 is 1.35 bits per heavy atom. The molecule has 1 saturated heterocycles. The third-order valence-electron chi connectivity index (χ3n) is 3.22. The maximum Gasteiger partial charge on any atom is 0.320 e. The molecule has 0 bridgehead atoms. The van der Waals surface area contributed by atoms with E-state index >= 15 is 0 Å². The highest BCUT2D eigenvalue weighted by molar-refractivity contribution is 5.80. The van der Waals surface area contributed by atoms with Crippen molar-refractivity contribution >= 4 is 11.9 Å². The average Bonchev–Trinajstić information content (AvgIpc) is 2.78. The van der Waals surface area contributed by atoms with Crippen LogP contribution in [0.5, 0.6) is 0 Å². The number of likely N-dealkylation sites (tertiary alicyclic amines) is 1. The largest absolute Gasteiger partial charge is 0.480 e. The molecule has 1 aliphatic rings. The van der Waals surface area contributed by atoms with Crippen LogP contribution in [0.25, 0.3) is 0 Å². The minimum Gasteiger partial charge on any atom is -0.480 e. The van der Waals surface area contributed by atoms with Gasteiger partial charge in [0, 0.05) is 13.1 Å². The first-order valence-corrected chi connectivity index (χ1v) is 6.27. The van der Waals surface area contributed by atoms with E-state index in [2.05, 4.69) is 0 Å². The van der Waals surface area contributed by atoms with E-state index in [4.69, 9.17) is 5.11 Å². The van der Waals surface area contributed by atoms with Gasteiger partial charge in [0.1, 0.15) is 6.04 Å². The first-order valence-electron chi connectivity index (χ1n) is 6.27. The summed E-state index contributed by atoms with van der Waals surface area (Å²) in [5.41, 5.74) is 0. The van der Waals surface area contributed by atoms with Gasteiger partial charge in [0.2, 0.25) is 5.91 Å². The molecule has 0 aromatic heterocycles. The van der Waals surface area contributed by atoms with Gasteiger partial charge in [0.15, 0.2) is 0 Å². The van der Waals surface area contributed by atoms with Gasteiger partial charge in [-0.3, -0.25) is 14.5 Å². The lowest BCUT2D eigenvalue weighted by Gasteiger charge is -2.26. The van der Waals surface area contributed by atoms with Crippen molar-refractivity contribution in [2.24, 2.45) is 0 Å². The van der Waals surface area contributed by atoms with Crippen molar-refractivity contribution in [3.63, 3.8) is 0 Å². The molecule has 1 heterocycles. The molecule has 0 aromatic rings. The van der Waals surface area contributed by atoms with Gasteiger partial charge in [-0.2, -0.15) is 0 Å². The molecule has 0 aromatic carbocycles. The van der Waals surface area contributed by atoms with Gasteiger partial charge in [-0.15, -0.1) is 0 Å². The first kappa shape index (κ1) is 14.0. The number of likely N-dealkylation sites (N-methyl/N-ethyl adjacent to an activating group) is 1. The quantitative estimate of drug-likeness (QED) is 0.748. The summed E-state index contributed by atoms with van der Waals surface area (Å²) in [5.74, 6) is -0.795. The molecular weight excluding hydrogens is 220 g/mol. The van der Waals surface area contributed by atoms with Crippen molar-refractivity contribution in [2.75, 3.05) is 26.7 Å². The average molecular weight is 242 g/mol. The monoisotopic (exact) mass is 242 g/mol. The summed E-state index contributed by atoms with van der Waals surface area (Å²) in [6.07, 6.45) is 3.51. The van der Waals surface area contributed by atoms with Crippen LogP contribution < -0.4 is 0 Å². The number of amides is 1. The molecule has 1 unspecified atom stereocenters. The molecule has 0 saturated carbocycles. The number of carboxylic acid groups (broad SMARTS) is 1. The Bertz CT molecular complexity index is 275. The SMILES string of the molecule is CCCC(C(=O)O)N(C)CC(=O)N1CCCC1. The van der Waals surface area contributed by atoms with Crippen LogP contribution in [0.3, 0.4) is 0 Å². The molecule has 5 nitrogen and oxygen atoms in total. The van der Waals surface area contributed by atoms with Crippen LogP contribution in [0.2, 0.25) is 0 Å². The Kier molecular flexibility index (Phi) is 5.41. The molecule has 5 heteroatoms. The Morgan fingerprint density at radius 3 is 2.41 bits per heavy atom. The Labute approximate surface area is 102 Å². The van der Waals surface area contributed by atoms with Crippen LogP contribution in [0.15, 0.2) is 0 Å². The predicted molar refractivity (Wildman–Crippen MR) is 64.8 cm³/mol. The maximum atomic E-state index is 11.9. The Balaban J connectivity index is 2.47. The summed E-state index contributed by atoms with van der Waals surface area (Å²) in [7, 11) is 1.71. The topological polar surface area (TPSA) is 60.9 Å². The molecule has 1 amide bonds. The van der Waals surface area contributed by atoms with Crippen molar-refractivity contribution < 1.29 is 14.7 Å². The van der Waals surface area contributed by atoms with Crippen molar-refractivity contribution in [3.8, 4) is 0 Å². The van der Waals surface area contributed by atoms with E-state index in [0.717, 1.165) is 32.4 Å². The summed E-state index contributed by atoms with van der Waals surface area (Å²) >= 11 is 0. The number of carbonyl (C=O) groups excluding carboxylic acids is 1. The fourth-order valence-electron chi connectivity index (χ4n) is 2.20. The zero-order chi connectivity index (χ0) is 12.8. The number of carboxylic acids is 1. The first-order chi connectivity index (χ1) is 8.06. The highest BCUT2D eigenvalue weighted by Gasteiger charge is 2.26. The third-order valence-corrected chi connectivity index (χ3v) is 3.22. The molecular formula is C12H22N2O3. The normalized spacial score (nSPS) is 17.5. The second-order valence-corrected chi connectivity index (χ2v) is 4.65. The van der Waals surface area contributed by atoms with E-state index in [1.807, 2.05) is 11.8 Å². The molecule has 17 heavy (non-hydrogen) atoms. The van der Waals surface area contributed by atoms with Gasteiger partial charge in [0.25, 0.3) is 0 Å². The zero-order valence-electron chi connectivity index (χ0n) is 10.7. The van der Waals surface area contributed by atoms with E-state index in [0.29, 0.717) is 6.42 Å². The van der Waals surface area contributed by atoms with Gasteiger partial charge < -0.3 is 10.0 Å². The van der Waals surface area contributed by atoms with Crippen LogP contribution in [0, 0.1) is 0 Å². The fraction of sp³-hybridized carbons (Fsp3) is 0.833. The summed E-state index contributed by atoms with van der Waals surface area (Å²) < 4.78 is 0. The van der Waals surface area contributed by atoms with Crippen LogP contribution in [0.4, 0.5) is 0 Å². The number of rotatable bonds is 6. The van der Waals surface area contributed by atoms with Crippen LogP contribution in [-0.2, 0) is 9.59 Å². The van der Waals surface area contributed by atoms with Crippen molar-refractivity contribution in [1.29, 1.82) is 0 Å². The van der Waals surface area contributed by atoms with Gasteiger partial charge >= 0.3 is 5.97 Å². The van der Waals surface area contributed by atoms with Crippen LogP contribution in [0.1, 0.15) is 32.6 Å².